The summed E-state index contributed by atoms with van der Waals surface area (Å²) >= 11 is 0. The van der Waals surface area contributed by atoms with Crippen molar-refractivity contribution in [2.75, 3.05) is 0 Å². The second kappa shape index (κ2) is 4.31. The highest BCUT2D eigenvalue weighted by Crippen LogP contribution is 2.16. The molecule has 0 aromatic carbocycles. The lowest BCUT2D eigenvalue weighted by molar-refractivity contribution is -0.527. The average Bonchev–Trinajstić information content (AvgIpc) is 1.84. The summed E-state index contributed by atoms with van der Waals surface area (Å²) < 4.78 is 0. The molecule has 3 nitrogen and oxygen atoms in total. The van der Waals surface area contributed by atoms with Crippen molar-refractivity contribution in [1.82, 2.24) is 0 Å². The van der Waals surface area contributed by atoms with E-state index in [1.165, 1.54) is 0 Å². The molecule has 66 valence electrons. The van der Waals surface area contributed by atoms with Crippen LogP contribution in [0.3, 0.4) is 0 Å². The lowest BCUT2D eigenvalue weighted by Gasteiger charge is -2.14. The summed E-state index contributed by atoms with van der Waals surface area (Å²) in [7, 11) is 0. The van der Waals surface area contributed by atoms with Gasteiger partial charge >= 0.3 is 0 Å². The molecule has 3 heteroatoms. The number of nitro groups is 1. The minimum atomic E-state index is -0.405. The number of rotatable bonds is 4. The Bertz CT molecular complexity index is 134. The molecular formula is C8H17NO2. The molecule has 2 atom stereocenters. The van der Waals surface area contributed by atoms with Crippen molar-refractivity contribution in [1.29, 1.82) is 0 Å². The molecule has 0 aliphatic carbocycles. The van der Waals surface area contributed by atoms with Gasteiger partial charge in [0.2, 0.25) is 6.04 Å². The number of hydrogen-bond acceptors (Lipinski definition) is 2. The predicted molar refractivity (Wildman–Crippen MR) is 45.1 cm³/mol. The first-order valence-corrected chi connectivity index (χ1v) is 4.08. The maximum Gasteiger partial charge on any atom is 0.212 e. The zero-order chi connectivity index (χ0) is 9.02. The van der Waals surface area contributed by atoms with Crippen LogP contribution in [-0.2, 0) is 0 Å². The van der Waals surface area contributed by atoms with E-state index in [-0.39, 0.29) is 10.8 Å². The largest absolute Gasteiger partial charge is 0.264 e. The van der Waals surface area contributed by atoms with Crippen molar-refractivity contribution < 1.29 is 4.92 Å². The van der Waals surface area contributed by atoms with Crippen molar-refractivity contribution in [3.63, 3.8) is 0 Å². The van der Waals surface area contributed by atoms with E-state index < -0.39 is 6.04 Å². The van der Waals surface area contributed by atoms with Gasteiger partial charge < -0.3 is 0 Å². The van der Waals surface area contributed by atoms with E-state index in [0.717, 1.165) is 6.42 Å². The van der Waals surface area contributed by atoms with E-state index in [1.54, 1.807) is 6.92 Å². The van der Waals surface area contributed by atoms with Gasteiger partial charge in [-0.2, -0.15) is 0 Å². The molecule has 0 rings (SSSR count). The second-order valence-corrected chi connectivity index (χ2v) is 3.63. The topological polar surface area (TPSA) is 43.1 Å². The van der Waals surface area contributed by atoms with E-state index in [2.05, 4.69) is 13.8 Å². The van der Waals surface area contributed by atoms with Crippen LogP contribution in [0.2, 0.25) is 0 Å². The first-order valence-electron chi connectivity index (χ1n) is 4.08. The number of hydrogen-bond donors (Lipinski definition) is 0. The SMILES string of the molecule is CC(C)CC(C)C(C)[N+](=O)[O-]. The summed E-state index contributed by atoms with van der Waals surface area (Å²) in [5, 5.41) is 10.3. The Morgan fingerprint density at radius 3 is 2.00 bits per heavy atom. The van der Waals surface area contributed by atoms with E-state index in [4.69, 9.17) is 0 Å². The molecular weight excluding hydrogens is 142 g/mol. The fourth-order valence-corrected chi connectivity index (χ4v) is 1.15. The first-order chi connectivity index (χ1) is 4.95. The third-order valence-corrected chi connectivity index (χ3v) is 2.00. The van der Waals surface area contributed by atoms with E-state index >= 15 is 0 Å². The minimum Gasteiger partial charge on any atom is -0.264 e. The average molecular weight is 159 g/mol. The molecule has 0 spiro atoms. The molecule has 0 saturated carbocycles. The Balaban J connectivity index is 3.82. The van der Waals surface area contributed by atoms with Crippen LogP contribution in [0, 0.1) is 22.0 Å². The normalized spacial score (nSPS) is 16.5. The summed E-state index contributed by atoms with van der Waals surface area (Å²) in [4.78, 5) is 10.1. The van der Waals surface area contributed by atoms with Crippen LogP contribution >= 0.6 is 0 Å². The van der Waals surface area contributed by atoms with Crippen molar-refractivity contribution in [2.45, 2.75) is 40.2 Å². The summed E-state index contributed by atoms with van der Waals surface area (Å²) in [5.74, 6) is 0.734. The zero-order valence-corrected chi connectivity index (χ0v) is 7.70. The molecule has 0 amide bonds. The monoisotopic (exact) mass is 159 g/mol. The molecule has 0 aromatic heterocycles. The van der Waals surface area contributed by atoms with Crippen LogP contribution in [0.4, 0.5) is 0 Å². The zero-order valence-electron chi connectivity index (χ0n) is 7.70. The van der Waals surface area contributed by atoms with Crippen molar-refractivity contribution in [3.05, 3.63) is 10.1 Å². The Morgan fingerprint density at radius 2 is 1.73 bits per heavy atom. The molecule has 0 aromatic rings. The van der Waals surface area contributed by atoms with Gasteiger partial charge in [-0.3, -0.25) is 10.1 Å². The van der Waals surface area contributed by atoms with Gasteiger partial charge in [-0.1, -0.05) is 20.8 Å². The summed E-state index contributed by atoms with van der Waals surface area (Å²) in [6.45, 7) is 7.78. The van der Waals surface area contributed by atoms with Crippen LogP contribution in [0.25, 0.3) is 0 Å². The predicted octanol–water partition coefficient (Wildman–Crippen LogP) is 2.33. The lowest BCUT2D eigenvalue weighted by Crippen LogP contribution is -2.24. The summed E-state index contributed by atoms with van der Waals surface area (Å²) in [6, 6.07) is -0.405. The van der Waals surface area contributed by atoms with E-state index in [9.17, 15) is 10.1 Å². The molecule has 0 aliphatic heterocycles. The van der Waals surface area contributed by atoms with E-state index in [0.29, 0.717) is 5.92 Å². The second-order valence-electron chi connectivity index (χ2n) is 3.63. The van der Waals surface area contributed by atoms with Gasteiger partial charge in [0.05, 0.1) is 0 Å². The fraction of sp³-hybridized carbons (Fsp3) is 1.00. The van der Waals surface area contributed by atoms with Gasteiger partial charge in [-0.05, 0) is 12.3 Å². The molecule has 11 heavy (non-hydrogen) atoms. The molecule has 0 radical (unpaired) electrons. The van der Waals surface area contributed by atoms with Crippen LogP contribution in [0.1, 0.15) is 34.1 Å². The quantitative estimate of drug-likeness (QED) is 0.466. The minimum absolute atomic E-state index is 0.185. The molecule has 0 heterocycles. The molecule has 0 aliphatic rings. The summed E-state index contributed by atoms with van der Waals surface area (Å²) in [6.07, 6.45) is 0.933. The van der Waals surface area contributed by atoms with Gasteiger partial charge in [0, 0.05) is 17.8 Å². The van der Waals surface area contributed by atoms with Crippen molar-refractivity contribution >= 4 is 0 Å². The molecule has 0 fully saturated rings. The highest BCUT2D eigenvalue weighted by atomic mass is 16.6. The highest BCUT2D eigenvalue weighted by molar-refractivity contribution is 4.61. The Hall–Kier alpha value is -0.600. The third-order valence-electron chi connectivity index (χ3n) is 2.00. The first kappa shape index (κ1) is 10.4. The summed E-state index contributed by atoms with van der Waals surface area (Å²) in [5.41, 5.74) is 0. The van der Waals surface area contributed by atoms with Crippen LogP contribution in [0.5, 0.6) is 0 Å². The van der Waals surface area contributed by atoms with Crippen LogP contribution < -0.4 is 0 Å². The van der Waals surface area contributed by atoms with Gasteiger partial charge in [-0.15, -0.1) is 0 Å². The Morgan fingerprint density at radius 1 is 1.27 bits per heavy atom. The van der Waals surface area contributed by atoms with Crippen LogP contribution in [-0.4, -0.2) is 11.0 Å². The molecule has 0 saturated heterocycles. The van der Waals surface area contributed by atoms with E-state index in [1.807, 2.05) is 6.92 Å². The van der Waals surface area contributed by atoms with Gasteiger partial charge in [-0.25, -0.2) is 0 Å². The third kappa shape index (κ3) is 3.96. The molecule has 0 N–H and O–H groups in total. The van der Waals surface area contributed by atoms with Crippen LogP contribution in [0.15, 0.2) is 0 Å². The van der Waals surface area contributed by atoms with Gasteiger partial charge in [0.1, 0.15) is 0 Å². The lowest BCUT2D eigenvalue weighted by atomic mass is 9.93. The molecule has 2 unspecified atom stereocenters. The Kier molecular flexibility index (Phi) is 4.08. The van der Waals surface area contributed by atoms with Crippen molar-refractivity contribution in [2.24, 2.45) is 11.8 Å². The Labute approximate surface area is 67.9 Å². The smallest absolute Gasteiger partial charge is 0.212 e. The fourth-order valence-electron chi connectivity index (χ4n) is 1.15. The standard InChI is InChI=1S/C8H17NO2/c1-6(2)5-7(3)8(4)9(10)11/h6-8H,5H2,1-4H3. The molecule has 0 bridgehead atoms. The number of nitrogens with zero attached hydrogens (tertiary/aromatic N) is 1. The van der Waals surface area contributed by atoms with Gasteiger partial charge in [0.15, 0.2) is 0 Å². The maximum atomic E-state index is 10.3. The highest BCUT2D eigenvalue weighted by Gasteiger charge is 2.22. The maximum absolute atomic E-state index is 10.3. The van der Waals surface area contributed by atoms with Crippen molar-refractivity contribution in [3.8, 4) is 0 Å². The van der Waals surface area contributed by atoms with Gasteiger partial charge in [0.25, 0.3) is 0 Å².